The molecule has 4 fully saturated rings. The SMILES string of the molecule is C=CCOC(=O)N[C@H](C(=O)N[C@@H](C)C(=O)Nc1ccc(COC(=O)N2c3cc(OCCCCCOc4cc5c(cc4OC)C(=O)N4CC6(CC6)C[C@H]4C(O)N5C(=O)OCC=C)c(OC)cc3C(=O)N3CC4(CC4)C[C@H]3C2O)cc1)C(C)C. The van der Waals surface area contributed by atoms with Gasteiger partial charge in [-0.05, 0) is 111 Å². The van der Waals surface area contributed by atoms with Gasteiger partial charge in [0.1, 0.15) is 31.9 Å². The van der Waals surface area contributed by atoms with E-state index < -0.39 is 66.7 Å². The van der Waals surface area contributed by atoms with E-state index in [1.165, 1.54) is 57.6 Å². The summed E-state index contributed by atoms with van der Waals surface area (Å²) in [7, 11) is 2.90. The van der Waals surface area contributed by atoms with Gasteiger partial charge in [0.15, 0.2) is 35.5 Å². The van der Waals surface area contributed by atoms with E-state index in [9.17, 15) is 43.8 Å². The number of hydrogen-bond donors (Lipinski definition) is 5. The number of anilines is 3. The van der Waals surface area contributed by atoms with Gasteiger partial charge < -0.3 is 69.1 Å². The molecule has 2 spiro atoms. The van der Waals surface area contributed by atoms with Gasteiger partial charge >= 0.3 is 18.3 Å². The fourth-order valence-corrected chi connectivity index (χ4v) is 11.3. The quantitative estimate of drug-likeness (QED) is 0.0401. The lowest BCUT2D eigenvalue weighted by Gasteiger charge is -2.31. The van der Waals surface area contributed by atoms with Crippen LogP contribution >= 0.6 is 0 Å². The highest BCUT2D eigenvalue weighted by Gasteiger charge is 2.59. The molecule has 7 amide bonds. The average molecular weight is 1140 g/mol. The van der Waals surface area contributed by atoms with Crippen molar-refractivity contribution in [2.75, 3.05) is 68.9 Å². The van der Waals surface area contributed by atoms with Crippen LogP contribution in [0.4, 0.5) is 31.4 Å². The van der Waals surface area contributed by atoms with Gasteiger partial charge in [-0.25, -0.2) is 24.2 Å². The molecule has 2 saturated heterocycles. The van der Waals surface area contributed by atoms with Gasteiger partial charge in [-0.1, -0.05) is 51.3 Å². The Bertz CT molecular complexity index is 2960. The number of unbranched alkanes of at least 4 members (excludes halogenated alkanes) is 2. The van der Waals surface area contributed by atoms with Crippen LogP contribution in [0.1, 0.15) is 105 Å². The largest absolute Gasteiger partial charge is 0.493 e. The van der Waals surface area contributed by atoms with Gasteiger partial charge in [0, 0.05) is 30.9 Å². The van der Waals surface area contributed by atoms with Crippen LogP contribution in [0.5, 0.6) is 23.0 Å². The summed E-state index contributed by atoms with van der Waals surface area (Å²) in [5.41, 5.74) is 1.27. The number of carbonyl (C=O) groups is 7. The van der Waals surface area contributed by atoms with Crippen molar-refractivity contribution in [2.45, 2.75) is 122 Å². The van der Waals surface area contributed by atoms with Crippen molar-refractivity contribution < 1.29 is 76.9 Å². The molecule has 3 aromatic rings. The summed E-state index contributed by atoms with van der Waals surface area (Å²) in [4.78, 5) is 100. The van der Waals surface area contributed by atoms with E-state index in [-0.39, 0.29) is 107 Å². The third-order valence-electron chi connectivity index (χ3n) is 16.2. The summed E-state index contributed by atoms with van der Waals surface area (Å²) in [5.74, 6) is -1.10. The lowest BCUT2D eigenvalue weighted by molar-refractivity contribution is -0.128. The number of hydrogen-bond acceptors (Lipinski definition) is 16. The Balaban J connectivity index is 0.827. The Labute approximate surface area is 475 Å². The molecule has 23 heteroatoms. The van der Waals surface area contributed by atoms with Gasteiger partial charge in [-0.3, -0.25) is 19.2 Å². The predicted molar refractivity (Wildman–Crippen MR) is 298 cm³/mol. The number of amides is 7. The maximum atomic E-state index is 14.4. The van der Waals surface area contributed by atoms with Crippen LogP contribution in [0, 0.1) is 16.7 Å². The van der Waals surface area contributed by atoms with E-state index in [1.54, 1.807) is 47.9 Å². The van der Waals surface area contributed by atoms with Crippen molar-refractivity contribution in [2.24, 2.45) is 16.7 Å². The summed E-state index contributed by atoms with van der Waals surface area (Å²) >= 11 is 0. The summed E-state index contributed by atoms with van der Waals surface area (Å²) in [6.07, 6.45) is 3.89. The Morgan fingerprint density at radius 1 is 0.659 bits per heavy atom. The molecular weight excluding hydrogens is 1060 g/mol. The number of nitrogens with zero attached hydrogens (tertiary/aromatic N) is 4. The molecule has 2 aliphatic carbocycles. The van der Waals surface area contributed by atoms with Crippen LogP contribution in [-0.2, 0) is 30.4 Å². The molecule has 4 aliphatic heterocycles. The van der Waals surface area contributed by atoms with Crippen molar-refractivity contribution >= 4 is 59.0 Å². The highest BCUT2D eigenvalue weighted by atomic mass is 16.6. The summed E-state index contributed by atoms with van der Waals surface area (Å²) in [6.45, 7) is 13.0. The van der Waals surface area contributed by atoms with Crippen LogP contribution in [-0.4, -0.2) is 152 Å². The molecule has 2 unspecified atom stereocenters. The summed E-state index contributed by atoms with van der Waals surface area (Å²) < 4.78 is 40.1. The molecule has 0 radical (unpaired) electrons. The molecule has 5 N–H and O–H groups in total. The third kappa shape index (κ3) is 12.4. The normalized spacial score (nSPS) is 21.1. The van der Waals surface area contributed by atoms with Crippen LogP contribution in [0.3, 0.4) is 0 Å². The zero-order valence-electron chi connectivity index (χ0n) is 46.9. The van der Waals surface area contributed by atoms with Gasteiger partial charge in [0.25, 0.3) is 11.8 Å². The minimum Gasteiger partial charge on any atom is -0.493 e. The highest BCUT2D eigenvalue weighted by Crippen LogP contribution is 2.58. The predicted octanol–water partition coefficient (Wildman–Crippen LogP) is 6.64. The van der Waals surface area contributed by atoms with E-state index in [1.807, 2.05) is 0 Å². The van der Waals surface area contributed by atoms with Crippen LogP contribution in [0.15, 0.2) is 73.8 Å². The molecule has 4 heterocycles. The van der Waals surface area contributed by atoms with Crippen LogP contribution in [0.25, 0.3) is 0 Å². The minimum absolute atomic E-state index is 0.0352. The number of rotatable bonds is 22. The monoisotopic (exact) mass is 1140 g/mol. The summed E-state index contributed by atoms with van der Waals surface area (Å²) in [6, 6.07) is 9.27. The molecule has 9 rings (SSSR count). The number of methoxy groups -OCH3 is 2. The number of alkyl carbamates (subject to hydrolysis) is 1. The second kappa shape index (κ2) is 24.6. The smallest absolute Gasteiger partial charge is 0.416 e. The van der Waals surface area contributed by atoms with E-state index in [2.05, 4.69) is 29.1 Å². The van der Waals surface area contributed by atoms with Crippen LogP contribution < -0.4 is 44.7 Å². The number of aliphatic hydroxyl groups is 2. The first kappa shape index (κ1) is 58.6. The zero-order chi connectivity index (χ0) is 58.6. The van der Waals surface area contributed by atoms with Gasteiger partial charge in [-0.15, -0.1) is 0 Å². The van der Waals surface area contributed by atoms with Crippen molar-refractivity contribution in [3.8, 4) is 23.0 Å². The molecule has 2 saturated carbocycles. The van der Waals surface area contributed by atoms with Gasteiger partial charge in [-0.2, -0.15) is 0 Å². The maximum Gasteiger partial charge on any atom is 0.416 e. The zero-order valence-corrected chi connectivity index (χ0v) is 46.9. The highest BCUT2D eigenvalue weighted by molar-refractivity contribution is 6.07. The topological polar surface area (TPSA) is 274 Å². The lowest BCUT2D eigenvalue weighted by atomic mass is 10.0. The Kier molecular flexibility index (Phi) is 17.6. The fraction of sp³-hybridized carbons (Fsp3) is 0.508. The molecule has 3 aromatic carbocycles. The fourth-order valence-electron chi connectivity index (χ4n) is 11.3. The van der Waals surface area contributed by atoms with E-state index in [0.29, 0.717) is 56.4 Å². The molecule has 0 aromatic heterocycles. The molecule has 23 nitrogen and oxygen atoms in total. The number of ether oxygens (including phenoxy) is 7. The van der Waals surface area contributed by atoms with E-state index in [4.69, 9.17) is 33.2 Å². The second-order valence-electron chi connectivity index (χ2n) is 22.4. The molecule has 0 bridgehead atoms. The second-order valence-corrected chi connectivity index (χ2v) is 22.4. The molecular formula is C59H73N7O16. The van der Waals surface area contributed by atoms with E-state index in [0.717, 1.165) is 35.5 Å². The number of benzene rings is 3. The molecule has 6 atom stereocenters. The molecule has 440 valence electrons. The lowest BCUT2D eigenvalue weighted by Crippen LogP contribution is -2.53. The van der Waals surface area contributed by atoms with Crippen molar-refractivity contribution in [3.63, 3.8) is 0 Å². The number of nitrogens with one attached hydrogen (secondary N) is 3. The molecule has 6 aliphatic rings. The Hall–Kier alpha value is -8.05. The first-order valence-electron chi connectivity index (χ1n) is 27.8. The average Bonchev–Trinajstić information content (AvgIpc) is 3.47. The van der Waals surface area contributed by atoms with E-state index >= 15 is 0 Å². The van der Waals surface area contributed by atoms with Gasteiger partial charge in [0.2, 0.25) is 11.8 Å². The Morgan fingerprint density at radius 3 is 1.61 bits per heavy atom. The summed E-state index contributed by atoms with van der Waals surface area (Å²) in [5, 5.41) is 31.7. The number of fused-ring (bicyclic) bond motifs is 4. The standard InChI is InChI=1S/C59H73N7O16/c1-8-21-80-55(73)62-48(34(3)4)50(68)60-35(5)49(67)61-37-15-13-36(14-16-37)31-82-57(75)66-41-28-47(45(77-7)26-39(41)52(70)64-33-59(19-20-59)30-43(64)54(66)72)79-24-12-10-11-23-78-46-27-40-38(25-44(46)76-6)51(69)63-32-58(17-18-58)29-42(63)53(71)65(40)56(74)81-22-9-2/h8-9,13-16,25-28,34-35,42-43,48,53-54,71-72H,1-2,10-12,17-24,29-33H2,3-7H3,(H,60,68)(H,61,67)(H,62,73)/t35-,42-,43-,48-,53?,54?/m0/s1. The Morgan fingerprint density at radius 2 is 1.15 bits per heavy atom. The molecule has 82 heavy (non-hydrogen) atoms. The third-order valence-corrected chi connectivity index (χ3v) is 16.2. The van der Waals surface area contributed by atoms with Crippen LogP contribution in [0.2, 0.25) is 0 Å². The van der Waals surface area contributed by atoms with Crippen molar-refractivity contribution in [1.82, 2.24) is 20.4 Å². The first-order chi connectivity index (χ1) is 39.3. The van der Waals surface area contributed by atoms with Gasteiger partial charge in [0.05, 0.1) is 62.0 Å². The van der Waals surface area contributed by atoms with Crippen molar-refractivity contribution in [3.05, 3.63) is 90.5 Å². The maximum absolute atomic E-state index is 14.4. The minimum atomic E-state index is -1.47. The number of aliphatic hydroxyl groups excluding tert-OH is 2. The first-order valence-corrected chi connectivity index (χ1v) is 27.8. The van der Waals surface area contributed by atoms with Crippen molar-refractivity contribution in [1.29, 1.82) is 0 Å². The number of carbonyl (C=O) groups excluding carboxylic acids is 7.